The van der Waals surface area contributed by atoms with Crippen molar-refractivity contribution in [1.82, 2.24) is 9.88 Å². The number of nitrogens with zero attached hydrogens (tertiary/aromatic N) is 2. The van der Waals surface area contributed by atoms with Gasteiger partial charge in [-0.05, 0) is 40.0 Å². The Bertz CT molecular complexity index is 672. The molecule has 1 aliphatic rings. The van der Waals surface area contributed by atoms with Gasteiger partial charge in [-0.3, -0.25) is 9.78 Å². The molecule has 1 aromatic heterocycles. The Morgan fingerprint density at radius 3 is 2.54 bits per heavy atom. The van der Waals surface area contributed by atoms with Crippen LogP contribution in [0.25, 0.3) is 0 Å². The van der Waals surface area contributed by atoms with Crippen LogP contribution in [0.2, 0.25) is 0 Å². The monoisotopic (exact) mass is 431 g/mol. The van der Waals surface area contributed by atoms with Crippen molar-refractivity contribution in [2.75, 3.05) is 19.6 Å². The van der Waals surface area contributed by atoms with Crippen LogP contribution < -0.4 is 5.73 Å². The van der Waals surface area contributed by atoms with Crippen molar-refractivity contribution in [3.63, 3.8) is 0 Å². The summed E-state index contributed by atoms with van der Waals surface area (Å²) in [6.07, 6.45) is 3.29. The minimum absolute atomic E-state index is 0. The van der Waals surface area contributed by atoms with E-state index in [1.165, 1.54) is 5.56 Å². The van der Waals surface area contributed by atoms with Crippen molar-refractivity contribution in [3.05, 3.63) is 64.4 Å². The van der Waals surface area contributed by atoms with E-state index in [0.717, 1.165) is 4.47 Å². The number of benzene rings is 1. The first-order valence-electron chi connectivity index (χ1n) is 7.34. The van der Waals surface area contributed by atoms with Crippen LogP contribution in [0.3, 0.4) is 0 Å². The number of rotatable bonds is 3. The lowest BCUT2D eigenvalue weighted by atomic mass is 9.89. The molecule has 2 aromatic rings. The summed E-state index contributed by atoms with van der Waals surface area (Å²) < 4.78 is 0.813. The second kappa shape index (κ2) is 9.37. The molecular weight excluding hydrogens is 413 g/mol. The normalized spacial score (nSPS) is 19.3. The first-order valence-corrected chi connectivity index (χ1v) is 8.13. The first-order chi connectivity index (χ1) is 10.7. The Balaban J connectivity index is 0.00000144. The van der Waals surface area contributed by atoms with Crippen LogP contribution in [0.1, 0.15) is 21.8 Å². The molecule has 3 rings (SSSR count). The highest BCUT2D eigenvalue weighted by Crippen LogP contribution is 2.32. The number of pyridine rings is 1. The van der Waals surface area contributed by atoms with Gasteiger partial charge in [0, 0.05) is 35.9 Å². The zero-order chi connectivity index (χ0) is 15.5. The number of halogens is 3. The molecule has 1 aromatic carbocycles. The second-order valence-corrected chi connectivity index (χ2v) is 6.53. The van der Waals surface area contributed by atoms with Gasteiger partial charge in [0.05, 0.1) is 5.56 Å². The molecule has 0 aliphatic carbocycles. The number of amides is 1. The minimum atomic E-state index is 0. The second-order valence-electron chi connectivity index (χ2n) is 5.61. The van der Waals surface area contributed by atoms with E-state index in [1.54, 1.807) is 12.4 Å². The predicted octanol–water partition coefficient (Wildman–Crippen LogP) is 3.50. The molecule has 0 bridgehead atoms. The summed E-state index contributed by atoms with van der Waals surface area (Å²) >= 11 is 3.36. The van der Waals surface area contributed by atoms with Crippen molar-refractivity contribution >= 4 is 46.7 Å². The van der Waals surface area contributed by atoms with Crippen molar-refractivity contribution in [1.29, 1.82) is 0 Å². The van der Waals surface area contributed by atoms with Crippen molar-refractivity contribution in [2.45, 2.75) is 5.92 Å². The standard InChI is InChI=1S/C17H18BrN3O.2ClH/c18-15-6-13(8-20-9-15)17(22)21-10-14(7-19)16(11-21)12-4-2-1-3-5-12;;/h1-6,8-9,14,16H,7,10-11,19H2;2*1H/t14-,16+;;/m1../s1. The molecule has 1 saturated heterocycles. The smallest absolute Gasteiger partial charge is 0.255 e. The van der Waals surface area contributed by atoms with E-state index in [-0.39, 0.29) is 30.7 Å². The maximum absolute atomic E-state index is 12.7. The van der Waals surface area contributed by atoms with Crippen molar-refractivity contribution < 1.29 is 4.79 Å². The molecule has 7 heteroatoms. The number of carbonyl (C=O) groups is 1. The van der Waals surface area contributed by atoms with Crippen LogP contribution >= 0.6 is 40.7 Å². The molecule has 1 fully saturated rings. The summed E-state index contributed by atoms with van der Waals surface area (Å²) in [7, 11) is 0. The summed E-state index contributed by atoms with van der Waals surface area (Å²) in [6.45, 7) is 1.98. The number of nitrogens with two attached hydrogens (primary N) is 1. The third kappa shape index (κ3) is 4.48. The Morgan fingerprint density at radius 1 is 1.21 bits per heavy atom. The number of likely N-dealkylation sites (tertiary alicyclic amines) is 1. The van der Waals surface area contributed by atoms with Gasteiger partial charge in [0.1, 0.15) is 0 Å². The van der Waals surface area contributed by atoms with Crippen LogP contribution in [0.15, 0.2) is 53.3 Å². The summed E-state index contributed by atoms with van der Waals surface area (Å²) in [4.78, 5) is 18.6. The molecule has 0 unspecified atom stereocenters. The molecule has 4 nitrogen and oxygen atoms in total. The summed E-state index contributed by atoms with van der Waals surface area (Å²) in [6, 6.07) is 12.1. The SMILES string of the molecule is Cl.Cl.NC[C@@H]1CN(C(=O)c2cncc(Br)c2)C[C@H]1c1ccccc1. The van der Waals surface area contributed by atoms with Gasteiger partial charge in [0.15, 0.2) is 0 Å². The summed E-state index contributed by atoms with van der Waals surface area (Å²) in [5.41, 5.74) is 7.79. The number of carbonyl (C=O) groups excluding carboxylic acids is 1. The van der Waals surface area contributed by atoms with Gasteiger partial charge in [-0.25, -0.2) is 0 Å². The third-order valence-corrected chi connectivity index (χ3v) is 4.64. The van der Waals surface area contributed by atoms with Crippen LogP contribution in [-0.4, -0.2) is 35.4 Å². The fraction of sp³-hybridized carbons (Fsp3) is 0.294. The Kier molecular flexibility index (Phi) is 8.16. The average Bonchev–Trinajstić information content (AvgIpc) is 2.99. The molecule has 2 heterocycles. The lowest BCUT2D eigenvalue weighted by Gasteiger charge is -2.17. The summed E-state index contributed by atoms with van der Waals surface area (Å²) in [5.74, 6) is 0.618. The van der Waals surface area contributed by atoms with Crippen molar-refractivity contribution in [2.24, 2.45) is 11.7 Å². The van der Waals surface area contributed by atoms with Crippen LogP contribution in [0, 0.1) is 5.92 Å². The Labute approximate surface area is 162 Å². The zero-order valence-corrected chi connectivity index (χ0v) is 16.2. The molecule has 1 amide bonds. The summed E-state index contributed by atoms with van der Waals surface area (Å²) in [5, 5.41) is 0. The average molecular weight is 433 g/mol. The number of aromatic nitrogens is 1. The molecule has 0 radical (unpaired) electrons. The topological polar surface area (TPSA) is 59.2 Å². The number of hydrogen-bond acceptors (Lipinski definition) is 3. The van der Waals surface area contributed by atoms with Crippen LogP contribution in [-0.2, 0) is 0 Å². The molecule has 130 valence electrons. The van der Waals surface area contributed by atoms with Gasteiger partial charge < -0.3 is 10.6 Å². The minimum Gasteiger partial charge on any atom is -0.338 e. The van der Waals surface area contributed by atoms with Crippen LogP contribution in [0.4, 0.5) is 0 Å². The van der Waals surface area contributed by atoms with Gasteiger partial charge >= 0.3 is 0 Å². The van der Waals surface area contributed by atoms with Gasteiger partial charge in [-0.1, -0.05) is 30.3 Å². The van der Waals surface area contributed by atoms with Gasteiger partial charge in [-0.15, -0.1) is 24.8 Å². The highest BCUT2D eigenvalue weighted by Gasteiger charge is 2.35. The van der Waals surface area contributed by atoms with E-state index in [4.69, 9.17) is 5.73 Å². The third-order valence-electron chi connectivity index (χ3n) is 4.21. The van der Waals surface area contributed by atoms with E-state index < -0.39 is 0 Å². The Hall–Kier alpha value is -1.14. The molecule has 0 spiro atoms. The van der Waals surface area contributed by atoms with E-state index >= 15 is 0 Å². The number of hydrogen-bond donors (Lipinski definition) is 1. The van der Waals surface area contributed by atoms with Gasteiger partial charge in [0.25, 0.3) is 5.91 Å². The van der Waals surface area contributed by atoms with E-state index in [2.05, 4.69) is 33.0 Å². The molecule has 2 N–H and O–H groups in total. The lowest BCUT2D eigenvalue weighted by Crippen LogP contribution is -2.29. The molecule has 1 aliphatic heterocycles. The van der Waals surface area contributed by atoms with Crippen molar-refractivity contribution in [3.8, 4) is 0 Å². The maximum Gasteiger partial charge on any atom is 0.255 e. The largest absolute Gasteiger partial charge is 0.338 e. The maximum atomic E-state index is 12.7. The molecular formula is C17H20BrCl2N3O. The lowest BCUT2D eigenvalue weighted by molar-refractivity contribution is 0.0786. The molecule has 24 heavy (non-hydrogen) atoms. The van der Waals surface area contributed by atoms with E-state index in [9.17, 15) is 4.79 Å². The highest BCUT2D eigenvalue weighted by molar-refractivity contribution is 9.10. The highest BCUT2D eigenvalue weighted by atomic mass is 79.9. The van der Waals surface area contributed by atoms with E-state index in [1.807, 2.05) is 29.2 Å². The van der Waals surface area contributed by atoms with E-state index in [0.29, 0.717) is 37.0 Å². The van der Waals surface area contributed by atoms with Gasteiger partial charge in [-0.2, -0.15) is 0 Å². The van der Waals surface area contributed by atoms with Crippen LogP contribution in [0.5, 0.6) is 0 Å². The first kappa shape index (κ1) is 20.9. The molecule has 2 atom stereocenters. The van der Waals surface area contributed by atoms with Gasteiger partial charge in [0.2, 0.25) is 0 Å². The Morgan fingerprint density at radius 2 is 1.92 bits per heavy atom. The molecule has 0 saturated carbocycles. The fourth-order valence-electron chi connectivity index (χ4n) is 3.07. The predicted molar refractivity (Wildman–Crippen MR) is 104 cm³/mol. The zero-order valence-electron chi connectivity index (χ0n) is 13.0. The fourth-order valence-corrected chi connectivity index (χ4v) is 3.43. The quantitative estimate of drug-likeness (QED) is 0.807.